The van der Waals surface area contributed by atoms with E-state index in [1.807, 2.05) is 24.3 Å². The molecule has 0 saturated heterocycles. The van der Waals surface area contributed by atoms with Crippen molar-refractivity contribution in [2.75, 3.05) is 0 Å². The Balaban J connectivity index is 1.82. The predicted molar refractivity (Wildman–Crippen MR) is 90.8 cm³/mol. The van der Waals surface area contributed by atoms with Gasteiger partial charge in [0, 0.05) is 11.6 Å². The number of nitrogens with one attached hydrogen (secondary N) is 1. The topological polar surface area (TPSA) is 55.1 Å². The first kappa shape index (κ1) is 16.1. The summed E-state index contributed by atoms with van der Waals surface area (Å²) in [7, 11) is 0. The smallest absolute Gasteiger partial charge is 0.275 e. The summed E-state index contributed by atoms with van der Waals surface area (Å²) in [6.07, 6.45) is 3.19. The fourth-order valence-electron chi connectivity index (χ4n) is 2.53. The molecule has 1 aliphatic carbocycles. The zero-order chi connectivity index (χ0) is 16.6. The molecule has 1 aromatic heterocycles. The number of hydrogen-bond acceptors (Lipinski definition) is 3. The Morgan fingerprint density at radius 3 is 2.43 bits per heavy atom. The van der Waals surface area contributed by atoms with Gasteiger partial charge >= 0.3 is 0 Å². The molecule has 122 valence electrons. The molecule has 0 unspecified atom stereocenters. The second-order valence-electron chi connectivity index (χ2n) is 7.10. The number of benzene rings is 1. The summed E-state index contributed by atoms with van der Waals surface area (Å²) in [6.45, 7) is 6.48. The van der Waals surface area contributed by atoms with Crippen molar-refractivity contribution in [2.24, 2.45) is 0 Å². The Kier molecular flexibility index (Phi) is 4.19. The lowest BCUT2D eigenvalue weighted by Gasteiger charge is -2.25. The number of amides is 1. The van der Waals surface area contributed by atoms with E-state index in [0.717, 1.165) is 24.8 Å². The van der Waals surface area contributed by atoms with E-state index in [2.05, 4.69) is 31.2 Å². The van der Waals surface area contributed by atoms with Crippen LogP contribution < -0.4 is 5.32 Å². The molecule has 1 aliphatic rings. The van der Waals surface area contributed by atoms with Crippen molar-refractivity contribution in [1.82, 2.24) is 10.5 Å². The summed E-state index contributed by atoms with van der Waals surface area (Å²) in [5, 5.41) is 7.05. The van der Waals surface area contributed by atoms with Gasteiger partial charge in [-0.3, -0.25) is 4.79 Å². The average Bonchev–Trinajstić information content (AvgIpc) is 2.84. The third kappa shape index (κ3) is 3.27. The summed E-state index contributed by atoms with van der Waals surface area (Å²) in [5.74, 6) is 0.173. The molecule has 2 aromatic rings. The summed E-state index contributed by atoms with van der Waals surface area (Å²) in [6, 6.07) is 8.22. The lowest BCUT2D eigenvalue weighted by atomic mass is 9.86. The van der Waals surface area contributed by atoms with Crippen molar-refractivity contribution in [3.63, 3.8) is 0 Å². The summed E-state index contributed by atoms with van der Waals surface area (Å²) in [5.41, 5.74) is 2.28. The number of aromatic nitrogens is 1. The Labute approximate surface area is 141 Å². The van der Waals surface area contributed by atoms with E-state index in [1.54, 1.807) is 0 Å². The molecule has 1 aromatic carbocycles. The van der Waals surface area contributed by atoms with Crippen LogP contribution in [0.3, 0.4) is 0 Å². The third-order valence-electron chi connectivity index (χ3n) is 4.30. The van der Waals surface area contributed by atoms with Crippen LogP contribution >= 0.6 is 11.6 Å². The van der Waals surface area contributed by atoms with Crippen LogP contribution in [0.15, 0.2) is 28.8 Å². The van der Waals surface area contributed by atoms with E-state index in [1.165, 1.54) is 5.56 Å². The molecule has 0 bridgehead atoms. The maximum Gasteiger partial charge on any atom is 0.275 e. The zero-order valence-electron chi connectivity index (χ0n) is 13.6. The van der Waals surface area contributed by atoms with Crippen LogP contribution in [0, 0.1) is 0 Å². The number of nitrogens with zero attached hydrogens (tertiary/aromatic N) is 1. The number of hydrogen-bond donors (Lipinski definition) is 1. The minimum atomic E-state index is -0.263. The van der Waals surface area contributed by atoms with Gasteiger partial charge in [0.25, 0.3) is 5.91 Å². The number of halogens is 1. The van der Waals surface area contributed by atoms with Crippen molar-refractivity contribution in [1.29, 1.82) is 0 Å². The quantitative estimate of drug-likeness (QED) is 0.895. The second kappa shape index (κ2) is 6.00. The van der Waals surface area contributed by atoms with Gasteiger partial charge in [0.1, 0.15) is 5.02 Å². The van der Waals surface area contributed by atoms with E-state index >= 15 is 0 Å². The molecule has 0 aliphatic heterocycles. The van der Waals surface area contributed by atoms with Gasteiger partial charge in [0.05, 0.1) is 0 Å². The lowest BCUT2D eigenvalue weighted by Crippen LogP contribution is -2.39. The molecule has 4 nitrogen and oxygen atoms in total. The average molecular weight is 333 g/mol. The molecule has 3 rings (SSSR count). The monoisotopic (exact) mass is 332 g/mol. The van der Waals surface area contributed by atoms with Gasteiger partial charge in [-0.1, -0.05) is 61.8 Å². The normalized spacial score (nSPS) is 15.3. The van der Waals surface area contributed by atoms with Crippen molar-refractivity contribution in [3.8, 4) is 11.3 Å². The van der Waals surface area contributed by atoms with Crippen molar-refractivity contribution < 1.29 is 9.32 Å². The highest BCUT2D eigenvalue weighted by atomic mass is 35.5. The van der Waals surface area contributed by atoms with Gasteiger partial charge in [-0.25, -0.2) is 0 Å². The molecular weight excluding hydrogens is 312 g/mol. The second-order valence-corrected chi connectivity index (χ2v) is 7.48. The maximum absolute atomic E-state index is 12.2. The molecule has 23 heavy (non-hydrogen) atoms. The van der Waals surface area contributed by atoms with E-state index in [0.29, 0.717) is 5.76 Å². The highest BCUT2D eigenvalue weighted by molar-refractivity contribution is 6.35. The first-order chi connectivity index (χ1) is 10.9. The molecule has 1 fully saturated rings. The minimum Gasteiger partial charge on any atom is -0.354 e. The van der Waals surface area contributed by atoms with E-state index < -0.39 is 0 Å². The molecule has 1 N–H and O–H groups in total. The summed E-state index contributed by atoms with van der Waals surface area (Å²) in [4.78, 5) is 12.2. The van der Waals surface area contributed by atoms with Crippen LogP contribution in [0.1, 0.15) is 56.1 Å². The van der Waals surface area contributed by atoms with Gasteiger partial charge in [0.15, 0.2) is 11.5 Å². The van der Waals surface area contributed by atoms with Gasteiger partial charge < -0.3 is 9.84 Å². The van der Waals surface area contributed by atoms with Crippen LogP contribution in [-0.4, -0.2) is 17.1 Å². The Morgan fingerprint density at radius 2 is 1.91 bits per heavy atom. The lowest BCUT2D eigenvalue weighted by molar-refractivity contribution is 0.0908. The summed E-state index contributed by atoms with van der Waals surface area (Å²) < 4.78 is 5.32. The molecule has 1 amide bonds. The van der Waals surface area contributed by atoms with Gasteiger partial charge in [-0.2, -0.15) is 0 Å². The molecule has 1 saturated carbocycles. The largest absolute Gasteiger partial charge is 0.354 e. The van der Waals surface area contributed by atoms with Crippen LogP contribution in [0.2, 0.25) is 5.02 Å². The highest BCUT2D eigenvalue weighted by Crippen LogP contribution is 2.32. The molecule has 5 heteroatoms. The maximum atomic E-state index is 12.2. The van der Waals surface area contributed by atoms with Crippen molar-refractivity contribution in [3.05, 3.63) is 40.5 Å². The first-order valence-corrected chi connectivity index (χ1v) is 8.31. The standard InChI is InChI=1S/C18H21ClN2O2/c1-18(2,3)12-9-7-11(8-10-12)16-14(19)15(21-23-16)17(22)20-13-5-4-6-13/h7-10,13H,4-6H2,1-3H3,(H,20,22). The Bertz CT molecular complexity index is 710. The van der Waals surface area contributed by atoms with Crippen LogP contribution in [0.25, 0.3) is 11.3 Å². The molecule has 1 heterocycles. The Hall–Kier alpha value is -1.81. The third-order valence-corrected chi connectivity index (χ3v) is 4.65. The fourth-order valence-corrected chi connectivity index (χ4v) is 2.79. The van der Waals surface area contributed by atoms with Crippen LogP contribution in [0.5, 0.6) is 0 Å². The van der Waals surface area contributed by atoms with E-state index in [-0.39, 0.29) is 28.1 Å². The SMILES string of the molecule is CC(C)(C)c1ccc(-c2onc(C(=O)NC3CCC3)c2Cl)cc1. The van der Waals surface area contributed by atoms with E-state index in [9.17, 15) is 4.79 Å². The molecule has 0 atom stereocenters. The summed E-state index contributed by atoms with van der Waals surface area (Å²) >= 11 is 6.31. The van der Waals surface area contributed by atoms with E-state index in [4.69, 9.17) is 16.1 Å². The predicted octanol–water partition coefficient (Wildman–Crippen LogP) is 4.57. The molecule has 0 radical (unpaired) electrons. The molecule has 0 spiro atoms. The number of carbonyl (C=O) groups excluding carboxylic acids is 1. The van der Waals surface area contributed by atoms with Gasteiger partial charge in [-0.15, -0.1) is 0 Å². The number of rotatable bonds is 3. The first-order valence-electron chi connectivity index (χ1n) is 7.93. The minimum absolute atomic E-state index is 0.0809. The van der Waals surface area contributed by atoms with Crippen molar-refractivity contribution in [2.45, 2.75) is 51.5 Å². The fraction of sp³-hybridized carbons (Fsp3) is 0.444. The molecular formula is C18H21ClN2O2. The van der Waals surface area contributed by atoms with Gasteiger partial charge in [-0.05, 0) is 30.2 Å². The number of carbonyl (C=O) groups is 1. The van der Waals surface area contributed by atoms with Gasteiger partial charge in [0.2, 0.25) is 0 Å². The highest BCUT2D eigenvalue weighted by Gasteiger charge is 2.26. The van der Waals surface area contributed by atoms with Crippen molar-refractivity contribution >= 4 is 17.5 Å². The Morgan fingerprint density at radius 1 is 1.26 bits per heavy atom. The van der Waals surface area contributed by atoms with Crippen LogP contribution in [0.4, 0.5) is 0 Å². The zero-order valence-corrected chi connectivity index (χ0v) is 14.4. The van der Waals surface area contributed by atoms with Crippen LogP contribution in [-0.2, 0) is 5.41 Å².